The van der Waals surface area contributed by atoms with Crippen LogP contribution in [0.5, 0.6) is 0 Å². The Morgan fingerprint density at radius 2 is 2.14 bits per heavy atom. The summed E-state index contributed by atoms with van der Waals surface area (Å²) in [5.74, 6) is 0.804. The molecule has 0 aliphatic rings. The smallest absolute Gasteiger partial charge is 0.246 e. The zero-order valence-electron chi connectivity index (χ0n) is 13.7. The van der Waals surface area contributed by atoms with Crippen LogP contribution < -0.4 is 16.4 Å². The Morgan fingerprint density at radius 1 is 1.36 bits per heavy atom. The maximum Gasteiger partial charge on any atom is 0.246 e. The lowest BCUT2D eigenvalue weighted by Crippen LogP contribution is -2.39. The molecule has 22 heavy (non-hydrogen) atoms. The summed E-state index contributed by atoms with van der Waals surface area (Å²) >= 11 is 0. The standard InChI is InChI=1S/C16H27N5O/c1-12(2)6-4-7-13(3)20-16(17)19-11-15(22)21-14-8-5-9-18-10-14/h5,8-10,12-13H,4,6-7,11H2,1-3H3,(H,21,22)(H3,17,19,20). The molecule has 0 radical (unpaired) electrons. The molecule has 1 aromatic rings. The number of aromatic nitrogens is 1. The fraction of sp³-hybridized carbons (Fsp3) is 0.562. The van der Waals surface area contributed by atoms with Gasteiger partial charge in [-0.1, -0.05) is 26.7 Å². The highest BCUT2D eigenvalue weighted by Crippen LogP contribution is 2.08. The highest BCUT2D eigenvalue weighted by molar-refractivity contribution is 5.93. The molecule has 0 saturated heterocycles. The second-order valence-corrected chi connectivity index (χ2v) is 5.86. The van der Waals surface area contributed by atoms with Gasteiger partial charge in [-0.25, -0.2) is 4.99 Å². The summed E-state index contributed by atoms with van der Waals surface area (Å²) in [7, 11) is 0. The van der Waals surface area contributed by atoms with Crippen LogP contribution in [0.1, 0.15) is 40.0 Å². The van der Waals surface area contributed by atoms with E-state index in [4.69, 9.17) is 5.73 Å². The van der Waals surface area contributed by atoms with Crippen LogP contribution in [0.25, 0.3) is 0 Å². The molecule has 0 aliphatic heterocycles. The molecule has 1 aromatic heterocycles. The largest absolute Gasteiger partial charge is 0.370 e. The second kappa shape index (κ2) is 9.76. The molecule has 0 aliphatic carbocycles. The van der Waals surface area contributed by atoms with Gasteiger partial charge in [-0.05, 0) is 31.4 Å². The van der Waals surface area contributed by atoms with E-state index in [2.05, 4.69) is 41.4 Å². The minimum atomic E-state index is -0.217. The van der Waals surface area contributed by atoms with Gasteiger partial charge in [-0.15, -0.1) is 0 Å². The predicted octanol–water partition coefficient (Wildman–Crippen LogP) is 2.14. The Balaban J connectivity index is 2.28. The number of guanidine groups is 1. The van der Waals surface area contributed by atoms with Crippen molar-refractivity contribution in [2.45, 2.75) is 46.1 Å². The van der Waals surface area contributed by atoms with Gasteiger partial charge in [-0.3, -0.25) is 9.78 Å². The van der Waals surface area contributed by atoms with Crippen molar-refractivity contribution in [3.63, 3.8) is 0 Å². The first-order valence-corrected chi connectivity index (χ1v) is 7.73. The topological polar surface area (TPSA) is 92.4 Å². The van der Waals surface area contributed by atoms with Crippen molar-refractivity contribution >= 4 is 17.6 Å². The van der Waals surface area contributed by atoms with Gasteiger partial charge in [-0.2, -0.15) is 0 Å². The molecule has 1 unspecified atom stereocenters. The lowest BCUT2D eigenvalue weighted by molar-refractivity contribution is -0.114. The highest BCUT2D eigenvalue weighted by atomic mass is 16.1. The van der Waals surface area contributed by atoms with E-state index in [1.807, 2.05) is 0 Å². The van der Waals surface area contributed by atoms with Gasteiger partial charge in [0.15, 0.2) is 5.96 Å². The molecule has 6 nitrogen and oxygen atoms in total. The summed E-state index contributed by atoms with van der Waals surface area (Å²) in [5, 5.41) is 5.81. The maximum atomic E-state index is 11.7. The number of carbonyl (C=O) groups is 1. The summed E-state index contributed by atoms with van der Waals surface area (Å²) in [6, 6.07) is 3.78. The fourth-order valence-electron chi connectivity index (χ4n) is 2.00. The van der Waals surface area contributed by atoms with E-state index in [1.54, 1.807) is 24.5 Å². The summed E-state index contributed by atoms with van der Waals surface area (Å²) in [6.07, 6.45) is 6.63. The summed E-state index contributed by atoms with van der Waals surface area (Å²) in [6.45, 7) is 6.49. The summed E-state index contributed by atoms with van der Waals surface area (Å²) in [5.41, 5.74) is 6.44. The van der Waals surface area contributed by atoms with Gasteiger partial charge in [0, 0.05) is 12.2 Å². The van der Waals surface area contributed by atoms with E-state index in [-0.39, 0.29) is 18.5 Å². The molecular formula is C16H27N5O. The number of hydrogen-bond acceptors (Lipinski definition) is 3. The van der Waals surface area contributed by atoms with Gasteiger partial charge < -0.3 is 16.4 Å². The van der Waals surface area contributed by atoms with Gasteiger partial charge in [0.05, 0.1) is 11.9 Å². The van der Waals surface area contributed by atoms with Crippen LogP contribution in [0.4, 0.5) is 5.69 Å². The van der Waals surface area contributed by atoms with Gasteiger partial charge in [0.2, 0.25) is 5.91 Å². The molecule has 4 N–H and O–H groups in total. The van der Waals surface area contributed by atoms with Gasteiger partial charge in [0.25, 0.3) is 0 Å². The highest BCUT2D eigenvalue weighted by Gasteiger charge is 2.05. The Kier molecular flexibility index (Phi) is 7.96. The monoisotopic (exact) mass is 305 g/mol. The van der Waals surface area contributed by atoms with E-state index in [0.717, 1.165) is 18.8 Å². The van der Waals surface area contributed by atoms with E-state index in [1.165, 1.54) is 6.42 Å². The number of carbonyl (C=O) groups excluding carboxylic acids is 1. The molecule has 0 fully saturated rings. The van der Waals surface area contributed by atoms with E-state index in [0.29, 0.717) is 11.6 Å². The van der Waals surface area contributed by atoms with Gasteiger partial charge >= 0.3 is 0 Å². The zero-order chi connectivity index (χ0) is 16.4. The lowest BCUT2D eigenvalue weighted by atomic mass is 10.0. The fourth-order valence-corrected chi connectivity index (χ4v) is 2.00. The number of rotatable bonds is 8. The Labute approximate surface area is 132 Å². The van der Waals surface area contributed by atoms with Crippen molar-refractivity contribution in [1.82, 2.24) is 10.3 Å². The second-order valence-electron chi connectivity index (χ2n) is 5.86. The van der Waals surface area contributed by atoms with Crippen LogP contribution in [0.2, 0.25) is 0 Å². The first kappa shape index (κ1) is 17.9. The van der Waals surface area contributed by atoms with Crippen LogP contribution in [0, 0.1) is 5.92 Å². The molecule has 1 amide bonds. The number of anilines is 1. The van der Waals surface area contributed by atoms with Crippen molar-refractivity contribution in [1.29, 1.82) is 0 Å². The van der Waals surface area contributed by atoms with Crippen LogP contribution in [-0.4, -0.2) is 29.4 Å². The molecule has 0 saturated carbocycles. The molecule has 6 heteroatoms. The SMILES string of the molecule is CC(C)CCCC(C)NC(N)=NCC(=O)Nc1cccnc1. The van der Waals surface area contributed by atoms with Crippen LogP contribution in [0.3, 0.4) is 0 Å². The molecule has 0 spiro atoms. The summed E-state index contributed by atoms with van der Waals surface area (Å²) in [4.78, 5) is 19.7. The van der Waals surface area contributed by atoms with Gasteiger partial charge in [0.1, 0.15) is 6.54 Å². The molecular weight excluding hydrogens is 278 g/mol. The Hall–Kier alpha value is -2.11. The van der Waals surface area contributed by atoms with Crippen molar-refractivity contribution in [2.24, 2.45) is 16.6 Å². The van der Waals surface area contributed by atoms with Crippen LogP contribution in [-0.2, 0) is 4.79 Å². The number of nitrogens with zero attached hydrogens (tertiary/aromatic N) is 2. The Bertz CT molecular complexity index is 473. The first-order chi connectivity index (χ1) is 10.5. The first-order valence-electron chi connectivity index (χ1n) is 7.73. The average molecular weight is 305 g/mol. The molecule has 1 heterocycles. The predicted molar refractivity (Wildman–Crippen MR) is 90.6 cm³/mol. The number of aliphatic imine (C=N–C) groups is 1. The molecule has 0 aromatic carbocycles. The average Bonchev–Trinajstić information content (AvgIpc) is 2.46. The summed E-state index contributed by atoms with van der Waals surface area (Å²) < 4.78 is 0. The van der Waals surface area contributed by atoms with Crippen LogP contribution in [0.15, 0.2) is 29.5 Å². The third-order valence-corrected chi connectivity index (χ3v) is 3.15. The molecule has 1 rings (SSSR count). The molecule has 1 atom stereocenters. The normalized spacial score (nSPS) is 13.0. The third-order valence-electron chi connectivity index (χ3n) is 3.15. The van der Waals surface area contributed by atoms with Crippen LogP contribution >= 0.6 is 0 Å². The van der Waals surface area contributed by atoms with Crippen molar-refractivity contribution in [3.05, 3.63) is 24.5 Å². The zero-order valence-corrected chi connectivity index (χ0v) is 13.7. The van der Waals surface area contributed by atoms with E-state index in [9.17, 15) is 4.79 Å². The maximum absolute atomic E-state index is 11.7. The molecule has 122 valence electrons. The minimum Gasteiger partial charge on any atom is -0.370 e. The van der Waals surface area contributed by atoms with Crippen molar-refractivity contribution in [2.75, 3.05) is 11.9 Å². The lowest BCUT2D eigenvalue weighted by Gasteiger charge is -2.15. The molecule has 0 bridgehead atoms. The van der Waals surface area contributed by atoms with Crippen molar-refractivity contribution < 1.29 is 4.79 Å². The van der Waals surface area contributed by atoms with Crippen molar-refractivity contribution in [3.8, 4) is 0 Å². The third kappa shape index (κ3) is 8.24. The number of hydrogen-bond donors (Lipinski definition) is 3. The Morgan fingerprint density at radius 3 is 2.77 bits per heavy atom. The van der Waals surface area contributed by atoms with E-state index >= 15 is 0 Å². The number of nitrogens with one attached hydrogen (secondary N) is 2. The number of pyridine rings is 1. The van der Waals surface area contributed by atoms with E-state index < -0.39 is 0 Å². The quantitative estimate of drug-likeness (QED) is 0.507. The number of nitrogens with two attached hydrogens (primary N) is 1. The minimum absolute atomic E-state index is 0.00750. The number of amides is 1.